The lowest BCUT2D eigenvalue weighted by molar-refractivity contribution is 0.459. The second-order valence-corrected chi connectivity index (χ2v) is 7.69. The fraction of sp³-hybridized carbons (Fsp3) is 0. The molecule has 0 amide bonds. The maximum absolute atomic E-state index is 13.7. The number of aromatic hydroxyl groups is 1. The number of sulfonamides is 1. The summed E-state index contributed by atoms with van der Waals surface area (Å²) in [5, 5.41) is 25.3. The summed E-state index contributed by atoms with van der Waals surface area (Å²) in [5.74, 6) is -1.02. The molecule has 0 radical (unpaired) electrons. The zero-order valence-electron chi connectivity index (χ0n) is 13.3. The lowest BCUT2D eigenvalue weighted by atomic mass is 10.2. The number of anilines is 1. The number of azo groups is 1. The van der Waals surface area contributed by atoms with Gasteiger partial charge in [0.05, 0.1) is 15.4 Å². The van der Waals surface area contributed by atoms with E-state index >= 15 is 0 Å². The monoisotopic (exact) mass is 427 g/mol. The summed E-state index contributed by atoms with van der Waals surface area (Å²) in [4.78, 5) is 2.50. The van der Waals surface area contributed by atoms with Crippen LogP contribution in [0.2, 0.25) is 5.02 Å². The van der Waals surface area contributed by atoms with Gasteiger partial charge < -0.3 is 15.4 Å². The van der Waals surface area contributed by atoms with Crippen molar-refractivity contribution in [3.63, 3.8) is 0 Å². The van der Waals surface area contributed by atoms with Crippen molar-refractivity contribution in [2.45, 2.75) is 4.90 Å². The standard InChI is InChI=1S/C15H11ClFN5O3S2/c16-10-6-12-9(5-11(10)17)13(14(23)20-12)21-22-15(26)19-7-2-1-3-8(4-7)27(18,24)25/h1-6,20,23H,(H,19,26)(H2,18,24,25). The molecule has 3 aromatic rings. The van der Waals surface area contributed by atoms with Crippen LogP contribution in [-0.2, 0) is 10.0 Å². The van der Waals surface area contributed by atoms with Crippen LogP contribution in [0.1, 0.15) is 0 Å². The largest absolute Gasteiger partial charge is 0.493 e. The van der Waals surface area contributed by atoms with E-state index in [1.54, 1.807) is 6.07 Å². The number of nitrogens with two attached hydrogens (primary N) is 1. The first-order valence-electron chi connectivity index (χ1n) is 7.20. The van der Waals surface area contributed by atoms with Crippen LogP contribution in [0, 0.1) is 5.82 Å². The molecule has 0 bridgehead atoms. The highest BCUT2D eigenvalue weighted by atomic mass is 35.5. The summed E-state index contributed by atoms with van der Waals surface area (Å²) in [6.07, 6.45) is 0. The molecule has 27 heavy (non-hydrogen) atoms. The average molecular weight is 428 g/mol. The highest BCUT2D eigenvalue weighted by Crippen LogP contribution is 2.37. The van der Waals surface area contributed by atoms with Gasteiger partial charge in [-0.2, -0.15) is 0 Å². The number of thiocarbonyl (C=S) groups is 1. The molecule has 0 aliphatic rings. The molecule has 0 aliphatic carbocycles. The van der Waals surface area contributed by atoms with Gasteiger partial charge in [0.2, 0.25) is 21.0 Å². The highest BCUT2D eigenvalue weighted by Gasteiger charge is 2.14. The number of fused-ring (bicyclic) bond motifs is 1. The first-order chi connectivity index (χ1) is 12.6. The van der Waals surface area contributed by atoms with Crippen LogP contribution in [0.3, 0.4) is 0 Å². The van der Waals surface area contributed by atoms with Crippen LogP contribution in [0.15, 0.2) is 51.5 Å². The Balaban J connectivity index is 1.85. The van der Waals surface area contributed by atoms with Gasteiger partial charge >= 0.3 is 0 Å². The van der Waals surface area contributed by atoms with Crippen LogP contribution in [0.4, 0.5) is 15.8 Å². The molecular weight excluding hydrogens is 417 g/mol. The van der Waals surface area contributed by atoms with E-state index in [2.05, 4.69) is 20.5 Å². The van der Waals surface area contributed by atoms with Gasteiger partial charge in [0.15, 0.2) is 5.69 Å². The highest BCUT2D eigenvalue weighted by molar-refractivity contribution is 7.89. The molecule has 0 unspecified atom stereocenters. The molecule has 1 heterocycles. The number of nitrogens with zero attached hydrogens (tertiary/aromatic N) is 2. The van der Waals surface area contributed by atoms with E-state index in [0.717, 1.165) is 6.07 Å². The van der Waals surface area contributed by atoms with E-state index in [4.69, 9.17) is 29.0 Å². The number of H-pyrrole nitrogens is 1. The van der Waals surface area contributed by atoms with Gasteiger partial charge in [0.1, 0.15) is 5.82 Å². The average Bonchev–Trinajstić information content (AvgIpc) is 2.87. The number of hydrogen-bond acceptors (Lipinski definition) is 5. The van der Waals surface area contributed by atoms with Gasteiger partial charge in [-0.25, -0.2) is 17.9 Å². The van der Waals surface area contributed by atoms with E-state index in [0.29, 0.717) is 11.2 Å². The number of halogens is 2. The quantitative estimate of drug-likeness (QED) is 0.372. The van der Waals surface area contributed by atoms with Crippen molar-refractivity contribution >= 4 is 61.2 Å². The Hall–Kier alpha value is -2.60. The number of benzene rings is 2. The second kappa shape index (κ2) is 7.19. The molecule has 0 atom stereocenters. The minimum atomic E-state index is -3.87. The molecule has 140 valence electrons. The maximum Gasteiger partial charge on any atom is 0.238 e. The first-order valence-corrected chi connectivity index (χ1v) is 9.53. The summed E-state index contributed by atoms with van der Waals surface area (Å²) in [5.41, 5.74) is 0.669. The first kappa shape index (κ1) is 19.2. The molecule has 0 spiro atoms. The van der Waals surface area contributed by atoms with Crippen molar-refractivity contribution < 1.29 is 17.9 Å². The van der Waals surface area contributed by atoms with Crippen molar-refractivity contribution in [1.82, 2.24) is 4.98 Å². The summed E-state index contributed by atoms with van der Waals surface area (Å²) < 4.78 is 36.4. The lowest BCUT2D eigenvalue weighted by Gasteiger charge is -2.05. The molecule has 1 aromatic heterocycles. The van der Waals surface area contributed by atoms with E-state index in [1.165, 1.54) is 24.3 Å². The van der Waals surface area contributed by atoms with Crippen molar-refractivity contribution in [3.8, 4) is 5.88 Å². The molecule has 0 saturated heterocycles. The summed E-state index contributed by atoms with van der Waals surface area (Å²) >= 11 is 10.7. The van der Waals surface area contributed by atoms with E-state index in [1.807, 2.05) is 0 Å². The SMILES string of the molecule is NS(=O)(=O)c1cccc(NC(=S)N=Nc2c(O)[nH]c3cc(Cl)c(F)cc23)c1. The zero-order valence-corrected chi connectivity index (χ0v) is 15.7. The van der Waals surface area contributed by atoms with Crippen molar-refractivity contribution in [2.75, 3.05) is 5.32 Å². The van der Waals surface area contributed by atoms with Crippen LogP contribution in [0.25, 0.3) is 10.9 Å². The summed E-state index contributed by atoms with van der Waals surface area (Å²) in [7, 11) is -3.87. The number of nitrogens with one attached hydrogen (secondary N) is 2. The van der Waals surface area contributed by atoms with Gasteiger partial charge in [-0.3, -0.25) is 0 Å². The van der Waals surface area contributed by atoms with Gasteiger partial charge in [-0.1, -0.05) is 17.7 Å². The Morgan fingerprint density at radius 3 is 2.78 bits per heavy atom. The van der Waals surface area contributed by atoms with E-state index in [-0.39, 0.29) is 32.0 Å². The van der Waals surface area contributed by atoms with Gasteiger partial charge in [0, 0.05) is 11.1 Å². The number of aromatic amines is 1. The number of rotatable bonds is 3. The van der Waals surface area contributed by atoms with Crippen LogP contribution < -0.4 is 10.5 Å². The Kier molecular flexibility index (Phi) is 5.11. The Bertz CT molecular complexity index is 1190. The maximum atomic E-state index is 13.7. The van der Waals surface area contributed by atoms with Crippen molar-refractivity contribution in [2.24, 2.45) is 15.4 Å². The third-order valence-corrected chi connectivity index (χ3v) is 4.83. The van der Waals surface area contributed by atoms with Crippen molar-refractivity contribution in [1.29, 1.82) is 0 Å². The molecule has 2 aromatic carbocycles. The smallest absolute Gasteiger partial charge is 0.238 e. The molecule has 0 saturated carbocycles. The predicted molar refractivity (Wildman–Crippen MR) is 103 cm³/mol. The molecule has 0 aliphatic heterocycles. The second-order valence-electron chi connectivity index (χ2n) is 5.34. The van der Waals surface area contributed by atoms with Gasteiger partial charge in [-0.15, -0.1) is 10.2 Å². The fourth-order valence-electron chi connectivity index (χ4n) is 2.26. The molecule has 8 nitrogen and oxygen atoms in total. The zero-order chi connectivity index (χ0) is 19.8. The minimum absolute atomic E-state index is 0.0250. The van der Waals surface area contributed by atoms with Crippen molar-refractivity contribution in [3.05, 3.63) is 47.2 Å². The molecular formula is C15H11ClFN5O3S2. The van der Waals surface area contributed by atoms with Crippen LogP contribution in [0.5, 0.6) is 5.88 Å². The third-order valence-electron chi connectivity index (χ3n) is 3.45. The topological polar surface area (TPSA) is 133 Å². The van der Waals surface area contributed by atoms with Gasteiger partial charge in [0.25, 0.3) is 0 Å². The number of aromatic nitrogens is 1. The van der Waals surface area contributed by atoms with Crippen LogP contribution in [-0.4, -0.2) is 23.6 Å². The Morgan fingerprint density at radius 2 is 2.07 bits per heavy atom. The fourth-order valence-corrected chi connectivity index (χ4v) is 3.14. The normalized spacial score (nSPS) is 12.0. The predicted octanol–water partition coefficient (Wildman–Crippen LogP) is 3.79. The Morgan fingerprint density at radius 1 is 1.33 bits per heavy atom. The molecule has 12 heteroatoms. The van der Waals surface area contributed by atoms with E-state index < -0.39 is 15.8 Å². The van der Waals surface area contributed by atoms with Crippen LogP contribution >= 0.6 is 23.8 Å². The molecule has 0 fully saturated rings. The number of hydrogen-bond donors (Lipinski definition) is 4. The van der Waals surface area contributed by atoms with E-state index in [9.17, 15) is 17.9 Å². The number of primary sulfonamides is 1. The molecule has 5 N–H and O–H groups in total. The molecule has 3 rings (SSSR count). The van der Waals surface area contributed by atoms with Gasteiger partial charge in [-0.05, 0) is 42.5 Å². The third kappa shape index (κ3) is 4.22. The lowest BCUT2D eigenvalue weighted by Crippen LogP contribution is -2.13. The minimum Gasteiger partial charge on any atom is -0.493 e. The summed E-state index contributed by atoms with van der Waals surface area (Å²) in [6.45, 7) is 0. The summed E-state index contributed by atoms with van der Waals surface area (Å²) in [6, 6.07) is 8.04. The Labute approximate surface area is 162 Å².